The van der Waals surface area contributed by atoms with E-state index in [4.69, 9.17) is 21.4 Å². The molecule has 9 nitrogen and oxygen atoms in total. The number of halogens is 4. The van der Waals surface area contributed by atoms with Crippen LogP contribution in [0.3, 0.4) is 0 Å². The number of rotatable bonds is 6. The number of nitrogens with zero attached hydrogens (tertiary/aromatic N) is 4. The summed E-state index contributed by atoms with van der Waals surface area (Å²) >= 11 is 6.53. The third-order valence-corrected chi connectivity index (χ3v) is 6.85. The van der Waals surface area contributed by atoms with Gasteiger partial charge in [-0.15, -0.1) is 0 Å². The number of carbonyl (C=O) groups is 1. The fourth-order valence-corrected chi connectivity index (χ4v) is 4.99. The zero-order valence-electron chi connectivity index (χ0n) is 20.5. The van der Waals surface area contributed by atoms with Crippen LogP contribution in [0, 0.1) is 0 Å². The number of piperidine rings is 1. The predicted octanol–water partition coefficient (Wildman–Crippen LogP) is 4.57. The molecule has 0 saturated carbocycles. The molecule has 0 radical (unpaired) electrons. The lowest BCUT2D eigenvalue weighted by Gasteiger charge is -2.46. The Morgan fingerprint density at radius 2 is 2.08 bits per heavy atom. The van der Waals surface area contributed by atoms with Crippen LogP contribution < -0.4 is 19.9 Å². The van der Waals surface area contributed by atoms with E-state index < -0.39 is 30.5 Å². The number of anilines is 3. The zero-order chi connectivity index (χ0) is 27.7. The Kier molecular flexibility index (Phi) is 7.52. The van der Waals surface area contributed by atoms with Crippen molar-refractivity contribution in [1.82, 2.24) is 9.97 Å². The van der Waals surface area contributed by atoms with Gasteiger partial charge in [-0.3, -0.25) is 9.88 Å². The van der Waals surface area contributed by atoms with Crippen molar-refractivity contribution in [2.75, 3.05) is 41.4 Å². The number of aromatic nitrogens is 2. The number of aliphatic hydroxyl groups excluding tert-OH is 2. The molecule has 1 aromatic carbocycles. The van der Waals surface area contributed by atoms with Crippen molar-refractivity contribution in [2.45, 2.75) is 31.2 Å². The van der Waals surface area contributed by atoms with Gasteiger partial charge in [0.1, 0.15) is 18.5 Å². The quantitative estimate of drug-likeness (QED) is 0.403. The van der Waals surface area contributed by atoms with Gasteiger partial charge in [0.2, 0.25) is 0 Å². The van der Waals surface area contributed by atoms with Crippen LogP contribution in [0.2, 0.25) is 5.02 Å². The van der Waals surface area contributed by atoms with Gasteiger partial charge < -0.3 is 25.2 Å². The molecule has 2 aliphatic heterocycles. The summed E-state index contributed by atoms with van der Waals surface area (Å²) in [5, 5.41) is 21.4. The van der Waals surface area contributed by atoms with E-state index in [0.717, 1.165) is 25.1 Å². The average Bonchev–Trinajstić information content (AvgIpc) is 2.92. The maximum Gasteiger partial charge on any atom is 0.416 e. The number of benzene rings is 1. The predicted molar refractivity (Wildman–Crippen MR) is 139 cm³/mol. The van der Waals surface area contributed by atoms with E-state index in [1.807, 2.05) is 0 Å². The highest BCUT2D eigenvalue weighted by Gasteiger charge is 2.39. The molecule has 3 N–H and O–H groups in total. The first-order chi connectivity index (χ1) is 18.6. The second-order valence-electron chi connectivity index (χ2n) is 9.34. The fourth-order valence-electron chi connectivity index (χ4n) is 4.74. The molecule has 2 atom stereocenters. The maximum absolute atomic E-state index is 13.6. The molecule has 1 saturated heterocycles. The number of ether oxygens (including phenoxy) is 1. The van der Waals surface area contributed by atoms with Gasteiger partial charge in [-0.05, 0) is 31.0 Å². The Morgan fingerprint density at radius 1 is 1.26 bits per heavy atom. The molecule has 2 bridgehead atoms. The number of carbonyl (C=O) groups excluding carboxylic acids is 1. The van der Waals surface area contributed by atoms with E-state index >= 15 is 0 Å². The van der Waals surface area contributed by atoms with E-state index in [2.05, 4.69) is 20.2 Å². The third-order valence-electron chi connectivity index (χ3n) is 6.57. The first kappa shape index (κ1) is 27.0. The summed E-state index contributed by atoms with van der Waals surface area (Å²) in [6.07, 6.45) is -1.22. The highest BCUT2D eigenvalue weighted by atomic mass is 35.5. The normalized spacial score (nSPS) is 17.4. The van der Waals surface area contributed by atoms with Crippen molar-refractivity contribution in [1.29, 1.82) is 0 Å². The minimum absolute atomic E-state index is 0.139. The molecule has 2 amide bonds. The van der Waals surface area contributed by atoms with Gasteiger partial charge in [0.25, 0.3) is 0 Å². The monoisotopic (exact) mass is 563 g/mol. The lowest BCUT2D eigenvalue weighted by molar-refractivity contribution is -0.137. The molecule has 206 valence electrons. The lowest BCUT2D eigenvalue weighted by Crippen LogP contribution is -2.56. The molecule has 0 spiro atoms. The van der Waals surface area contributed by atoms with E-state index in [-0.39, 0.29) is 34.7 Å². The molecule has 39 heavy (non-hydrogen) atoms. The van der Waals surface area contributed by atoms with Crippen LogP contribution >= 0.6 is 11.6 Å². The number of nitrogens with one attached hydrogen (secondary N) is 1. The van der Waals surface area contributed by atoms with E-state index in [9.17, 15) is 23.1 Å². The first-order valence-electron chi connectivity index (χ1n) is 12.2. The number of hydrogen-bond acceptors (Lipinski definition) is 7. The largest absolute Gasteiger partial charge is 0.489 e. The SMILES string of the molecule is O=C(Nc1cncc(OC[C@@H](O)CO)c1)N1c2nc(-c3cccc(C(F)(F)F)c3)c(Cl)cc2N2CCC[C@H]1C2. The minimum atomic E-state index is -4.53. The van der Waals surface area contributed by atoms with Crippen LogP contribution in [0.25, 0.3) is 11.3 Å². The fraction of sp³-hybridized carbons (Fsp3) is 0.346. The number of pyridine rings is 2. The van der Waals surface area contributed by atoms with Crippen LogP contribution in [0.5, 0.6) is 5.75 Å². The summed E-state index contributed by atoms with van der Waals surface area (Å²) in [5.74, 6) is 0.576. The Bertz CT molecular complexity index is 1380. The summed E-state index contributed by atoms with van der Waals surface area (Å²) in [6, 6.07) is 7.19. The second kappa shape index (κ2) is 10.9. The highest BCUT2D eigenvalue weighted by molar-refractivity contribution is 6.33. The van der Waals surface area contributed by atoms with Gasteiger partial charge in [-0.2, -0.15) is 13.2 Å². The lowest BCUT2D eigenvalue weighted by atomic mass is 9.99. The molecule has 0 aliphatic carbocycles. The number of aliphatic hydroxyl groups is 2. The van der Waals surface area contributed by atoms with Gasteiger partial charge in [-0.25, -0.2) is 9.78 Å². The van der Waals surface area contributed by atoms with Gasteiger partial charge in [0.15, 0.2) is 5.82 Å². The van der Waals surface area contributed by atoms with Crippen LogP contribution in [0.1, 0.15) is 18.4 Å². The Labute approximate surface area is 226 Å². The van der Waals surface area contributed by atoms with Crippen molar-refractivity contribution in [3.63, 3.8) is 0 Å². The van der Waals surface area contributed by atoms with E-state index in [1.165, 1.54) is 35.5 Å². The average molecular weight is 564 g/mol. The number of hydrogen-bond donors (Lipinski definition) is 3. The smallest absolute Gasteiger partial charge is 0.416 e. The van der Waals surface area contributed by atoms with E-state index in [1.54, 1.807) is 6.07 Å². The molecular weight excluding hydrogens is 539 g/mol. The Hall–Kier alpha value is -3.61. The molecule has 4 heterocycles. The van der Waals surface area contributed by atoms with Gasteiger partial charge in [0, 0.05) is 24.7 Å². The van der Waals surface area contributed by atoms with Crippen molar-refractivity contribution >= 4 is 34.8 Å². The Balaban J connectivity index is 1.48. The number of alkyl halides is 3. The summed E-state index contributed by atoms with van der Waals surface area (Å²) in [5.41, 5.74) is 0.438. The van der Waals surface area contributed by atoms with Gasteiger partial charge >= 0.3 is 12.2 Å². The van der Waals surface area contributed by atoms with Gasteiger partial charge in [0.05, 0.1) is 52.7 Å². The van der Waals surface area contributed by atoms with Crippen LogP contribution in [-0.4, -0.2) is 64.7 Å². The first-order valence-corrected chi connectivity index (χ1v) is 12.6. The molecule has 2 aliphatic rings. The molecule has 1 fully saturated rings. The summed E-state index contributed by atoms with van der Waals surface area (Å²) < 4.78 is 45.5. The van der Waals surface area contributed by atoms with Gasteiger partial charge in [-0.1, -0.05) is 23.7 Å². The molecular formula is C26H25ClF3N5O4. The van der Waals surface area contributed by atoms with Crippen LogP contribution in [-0.2, 0) is 6.18 Å². The Morgan fingerprint density at radius 3 is 2.85 bits per heavy atom. The van der Waals surface area contributed by atoms with E-state index in [0.29, 0.717) is 30.2 Å². The summed E-state index contributed by atoms with van der Waals surface area (Å²) in [6.45, 7) is 0.677. The number of urea groups is 1. The maximum atomic E-state index is 13.6. The van der Waals surface area contributed by atoms with Crippen LogP contribution in [0.15, 0.2) is 48.8 Å². The molecule has 3 aromatic rings. The van der Waals surface area contributed by atoms with Crippen molar-refractivity contribution in [3.05, 3.63) is 59.4 Å². The molecule has 2 aromatic heterocycles. The number of amides is 2. The second-order valence-corrected chi connectivity index (χ2v) is 9.75. The molecule has 13 heteroatoms. The van der Waals surface area contributed by atoms with Crippen molar-refractivity contribution < 1.29 is 32.9 Å². The summed E-state index contributed by atoms with van der Waals surface area (Å²) in [4.78, 5) is 25.9. The third kappa shape index (κ3) is 5.72. The molecule has 0 unspecified atom stereocenters. The number of fused-ring (bicyclic) bond motifs is 4. The topological polar surface area (TPSA) is 111 Å². The highest BCUT2D eigenvalue weighted by Crippen LogP contribution is 2.43. The minimum Gasteiger partial charge on any atom is -0.489 e. The standard InChI is InChI=1S/C26H25ClF3N5O4/c27-21-9-22-24(33-23(21)15-3-1-4-16(7-15)26(28,29)30)35(18-5-2-6-34(22)12-18)25(38)32-17-8-20(11-31-10-17)39-14-19(37)13-36/h1,3-4,7-11,18-19,36-37H,2,5-6,12-14H2,(H,32,38)/t18-,19-/m0/s1. The van der Waals surface area contributed by atoms with Crippen molar-refractivity contribution in [2.24, 2.45) is 0 Å². The zero-order valence-corrected chi connectivity index (χ0v) is 21.3. The van der Waals surface area contributed by atoms with Crippen molar-refractivity contribution in [3.8, 4) is 17.0 Å². The molecule has 5 rings (SSSR count). The van der Waals surface area contributed by atoms with Crippen LogP contribution in [0.4, 0.5) is 35.2 Å². The summed E-state index contributed by atoms with van der Waals surface area (Å²) in [7, 11) is 0.